The van der Waals surface area contributed by atoms with Crippen molar-refractivity contribution in [1.82, 2.24) is 10.2 Å². The predicted octanol–water partition coefficient (Wildman–Crippen LogP) is 8.76. The van der Waals surface area contributed by atoms with E-state index in [9.17, 15) is 14.7 Å². The lowest BCUT2D eigenvalue weighted by Crippen LogP contribution is -2.29. The molecule has 1 amide bonds. The van der Waals surface area contributed by atoms with Crippen molar-refractivity contribution in [3.63, 3.8) is 0 Å². The molecular formula is C34H25BrClN3O4S2. The summed E-state index contributed by atoms with van der Waals surface area (Å²) < 4.78 is 7.32. The number of carbonyl (C=O) groups is 2. The van der Waals surface area contributed by atoms with Crippen LogP contribution in [0.4, 0.5) is 5.13 Å². The van der Waals surface area contributed by atoms with Gasteiger partial charge in [-0.1, -0.05) is 105 Å². The molecule has 1 saturated heterocycles. The molecular weight excluding hydrogens is 694 g/mol. The van der Waals surface area contributed by atoms with Gasteiger partial charge in [0.25, 0.3) is 5.78 Å². The molecule has 226 valence electrons. The Hall–Kier alpha value is -3.96. The van der Waals surface area contributed by atoms with E-state index >= 15 is 0 Å². The fourth-order valence-corrected chi connectivity index (χ4v) is 7.31. The minimum absolute atomic E-state index is 0.0305. The van der Waals surface area contributed by atoms with E-state index in [2.05, 4.69) is 32.2 Å². The number of aryl methyl sites for hydroxylation is 1. The molecule has 2 heterocycles. The summed E-state index contributed by atoms with van der Waals surface area (Å²) in [7, 11) is 0. The van der Waals surface area contributed by atoms with Crippen molar-refractivity contribution >= 4 is 73.2 Å². The molecule has 4 aromatic carbocycles. The molecule has 1 aliphatic heterocycles. The van der Waals surface area contributed by atoms with E-state index in [-0.39, 0.29) is 16.5 Å². The number of aliphatic hydroxyl groups excluding tert-OH is 1. The van der Waals surface area contributed by atoms with Gasteiger partial charge >= 0.3 is 5.91 Å². The SMILES string of the molecule is Cc1cccc(COc2ccc(/C(O)=C3\C(=O)C(=O)N(c4nnc(SCc5ccc(Cl)cc5)s4)C3c3cccc(Br)c3)cc2)c1. The van der Waals surface area contributed by atoms with Crippen LogP contribution in [0, 0.1) is 6.92 Å². The summed E-state index contributed by atoms with van der Waals surface area (Å²) in [6.45, 7) is 2.42. The van der Waals surface area contributed by atoms with E-state index in [4.69, 9.17) is 16.3 Å². The highest BCUT2D eigenvalue weighted by atomic mass is 79.9. The lowest BCUT2D eigenvalue weighted by Gasteiger charge is -2.22. The van der Waals surface area contributed by atoms with Crippen LogP contribution in [0.1, 0.15) is 33.9 Å². The number of hydrogen-bond acceptors (Lipinski definition) is 8. The second-order valence-electron chi connectivity index (χ2n) is 10.3. The van der Waals surface area contributed by atoms with Crippen LogP contribution < -0.4 is 9.64 Å². The van der Waals surface area contributed by atoms with Gasteiger partial charge < -0.3 is 9.84 Å². The Morgan fingerprint density at radius 3 is 2.47 bits per heavy atom. The van der Waals surface area contributed by atoms with E-state index in [0.29, 0.717) is 38.6 Å². The zero-order chi connectivity index (χ0) is 31.5. The highest BCUT2D eigenvalue weighted by Gasteiger charge is 2.48. The third kappa shape index (κ3) is 6.99. The van der Waals surface area contributed by atoms with Crippen LogP contribution in [0.25, 0.3) is 5.76 Å². The second-order valence-corrected chi connectivity index (χ2v) is 13.8. The van der Waals surface area contributed by atoms with Crippen LogP contribution in [0.5, 0.6) is 5.75 Å². The number of thioether (sulfide) groups is 1. The predicted molar refractivity (Wildman–Crippen MR) is 182 cm³/mol. The Bertz CT molecular complexity index is 1910. The van der Waals surface area contributed by atoms with Gasteiger partial charge in [0.1, 0.15) is 18.1 Å². The molecule has 11 heteroatoms. The second kappa shape index (κ2) is 13.6. The summed E-state index contributed by atoms with van der Waals surface area (Å²) in [6, 6.07) is 28.7. The third-order valence-corrected chi connectivity index (χ3v) is 9.97. The van der Waals surface area contributed by atoms with Crippen molar-refractivity contribution in [2.45, 2.75) is 29.7 Å². The maximum atomic E-state index is 13.6. The minimum Gasteiger partial charge on any atom is -0.507 e. The highest BCUT2D eigenvalue weighted by molar-refractivity contribution is 9.10. The molecule has 1 unspecified atom stereocenters. The average Bonchev–Trinajstić information content (AvgIpc) is 3.61. The number of Topliss-reactive ketones (excluding diaryl/α,β-unsaturated/α-hetero) is 1. The van der Waals surface area contributed by atoms with Crippen LogP contribution in [-0.2, 0) is 21.9 Å². The topological polar surface area (TPSA) is 92.6 Å². The Balaban J connectivity index is 1.29. The van der Waals surface area contributed by atoms with E-state index in [1.54, 1.807) is 30.3 Å². The number of benzene rings is 4. The quantitative estimate of drug-likeness (QED) is 0.0536. The summed E-state index contributed by atoms with van der Waals surface area (Å²) in [5.41, 5.74) is 4.23. The molecule has 0 radical (unpaired) electrons. The van der Waals surface area contributed by atoms with Gasteiger partial charge in [-0.25, -0.2) is 0 Å². The van der Waals surface area contributed by atoms with Gasteiger partial charge in [-0.05, 0) is 72.1 Å². The normalized spacial score (nSPS) is 15.9. The molecule has 0 bridgehead atoms. The molecule has 0 saturated carbocycles. The van der Waals surface area contributed by atoms with E-state index < -0.39 is 17.7 Å². The van der Waals surface area contributed by atoms with Crippen molar-refractivity contribution < 1.29 is 19.4 Å². The zero-order valence-corrected chi connectivity index (χ0v) is 27.8. The molecule has 1 N–H and O–H groups in total. The fourth-order valence-electron chi connectivity index (χ4n) is 4.94. The van der Waals surface area contributed by atoms with Gasteiger partial charge in [0, 0.05) is 20.8 Å². The smallest absolute Gasteiger partial charge is 0.301 e. The van der Waals surface area contributed by atoms with E-state index in [0.717, 1.165) is 21.2 Å². The number of rotatable bonds is 9. The number of halogens is 2. The molecule has 7 nitrogen and oxygen atoms in total. The monoisotopic (exact) mass is 717 g/mol. The van der Waals surface area contributed by atoms with Gasteiger partial charge in [-0.2, -0.15) is 0 Å². The van der Waals surface area contributed by atoms with Crippen molar-refractivity contribution in [2.75, 3.05) is 4.90 Å². The number of hydrogen-bond donors (Lipinski definition) is 1. The largest absolute Gasteiger partial charge is 0.507 e. The van der Waals surface area contributed by atoms with E-state index in [1.807, 2.05) is 67.6 Å². The average molecular weight is 719 g/mol. The zero-order valence-electron chi connectivity index (χ0n) is 23.8. The Labute approximate surface area is 281 Å². The van der Waals surface area contributed by atoms with Crippen molar-refractivity contribution in [2.24, 2.45) is 0 Å². The standard InChI is InChI=1S/C34H25BrClN3O4S2/c1-20-4-2-5-22(16-20)18-43-27-14-10-23(11-15-27)30(40)28-29(24-6-3-7-25(35)17-24)39(32(42)31(28)41)33-37-38-34(45-33)44-19-21-8-12-26(36)13-9-21/h2-17,29,40H,18-19H2,1H3/b30-28+. The molecule has 6 rings (SSSR count). The van der Waals surface area contributed by atoms with Crippen LogP contribution in [0.15, 0.2) is 111 Å². The number of anilines is 1. The first-order valence-electron chi connectivity index (χ1n) is 13.8. The van der Waals surface area contributed by atoms with Crippen LogP contribution in [-0.4, -0.2) is 27.0 Å². The van der Waals surface area contributed by atoms with Gasteiger partial charge in [-0.3, -0.25) is 14.5 Å². The number of carbonyl (C=O) groups excluding carboxylic acids is 2. The molecule has 45 heavy (non-hydrogen) atoms. The first kappa shape index (κ1) is 31.0. The number of aliphatic hydroxyl groups is 1. The summed E-state index contributed by atoms with van der Waals surface area (Å²) in [6.07, 6.45) is 0. The number of ketones is 1. The van der Waals surface area contributed by atoms with Crippen LogP contribution in [0.2, 0.25) is 5.02 Å². The minimum atomic E-state index is -0.915. The maximum absolute atomic E-state index is 13.6. The van der Waals surface area contributed by atoms with Gasteiger partial charge in [0.2, 0.25) is 5.13 Å². The summed E-state index contributed by atoms with van der Waals surface area (Å²) in [4.78, 5) is 28.4. The lowest BCUT2D eigenvalue weighted by molar-refractivity contribution is -0.132. The van der Waals surface area contributed by atoms with Crippen molar-refractivity contribution in [3.05, 3.63) is 140 Å². The Morgan fingerprint density at radius 1 is 0.978 bits per heavy atom. The molecule has 1 atom stereocenters. The maximum Gasteiger partial charge on any atom is 0.301 e. The molecule has 1 fully saturated rings. The molecule has 0 aliphatic carbocycles. The number of ether oxygens (including phenoxy) is 1. The lowest BCUT2D eigenvalue weighted by atomic mass is 9.95. The number of amides is 1. The van der Waals surface area contributed by atoms with Crippen LogP contribution in [0.3, 0.4) is 0 Å². The number of nitrogens with zero attached hydrogens (tertiary/aromatic N) is 3. The van der Waals surface area contributed by atoms with Crippen molar-refractivity contribution in [3.8, 4) is 5.75 Å². The third-order valence-electron chi connectivity index (χ3n) is 7.10. The fraction of sp³-hybridized carbons (Fsp3) is 0.118. The van der Waals surface area contributed by atoms with Crippen molar-refractivity contribution in [1.29, 1.82) is 0 Å². The first-order valence-corrected chi connectivity index (χ1v) is 16.8. The van der Waals surface area contributed by atoms with Gasteiger partial charge in [0.15, 0.2) is 4.34 Å². The molecule has 5 aromatic rings. The first-order chi connectivity index (χ1) is 21.8. The molecule has 1 aromatic heterocycles. The summed E-state index contributed by atoms with van der Waals surface area (Å²) >= 11 is 12.2. The summed E-state index contributed by atoms with van der Waals surface area (Å²) in [5, 5.41) is 21.0. The highest BCUT2D eigenvalue weighted by Crippen LogP contribution is 2.44. The van der Waals surface area contributed by atoms with Crippen LogP contribution >= 0.6 is 50.6 Å². The van der Waals surface area contributed by atoms with Gasteiger partial charge in [-0.15, -0.1) is 10.2 Å². The molecule has 1 aliphatic rings. The molecule has 0 spiro atoms. The summed E-state index contributed by atoms with van der Waals surface area (Å²) in [5.74, 6) is -0.639. The Morgan fingerprint density at radius 2 is 1.73 bits per heavy atom. The van der Waals surface area contributed by atoms with Gasteiger partial charge in [0.05, 0.1) is 11.6 Å². The van der Waals surface area contributed by atoms with E-state index in [1.165, 1.54) is 28.0 Å². The number of aromatic nitrogens is 2. The Kier molecular flexibility index (Phi) is 9.37.